The van der Waals surface area contributed by atoms with Gasteiger partial charge in [0.15, 0.2) is 0 Å². The molecule has 0 atom stereocenters. The van der Waals surface area contributed by atoms with Gasteiger partial charge in [0.2, 0.25) is 0 Å². The van der Waals surface area contributed by atoms with Crippen LogP contribution in [0.3, 0.4) is 0 Å². The maximum absolute atomic E-state index is 11.6. The first kappa shape index (κ1) is 13.0. The Kier molecular flexibility index (Phi) is 5.02. The number of unbranched alkanes of at least 4 members (excludes halogenated alkanes) is 1. The van der Waals surface area contributed by atoms with Crippen molar-refractivity contribution in [3.05, 3.63) is 29.2 Å². The standard InChI is InChI=1S/C13H16N2O2/c1-3-4-7-15-13(16)11(9-14)8-12-6-5-10(2)17-12/h5-6,8H,3-4,7H2,1-2H3,(H,15,16)/b11-8+. The number of nitrogens with one attached hydrogen (secondary N) is 1. The normalized spacial score (nSPS) is 11.0. The highest BCUT2D eigenvalue weighted by Gasteiger charge is 2.09. The van der Waals surface area contributed by atoms with Crippen molar-refractivity contribution in [2.24, 2.45) is 0 Å². The lowest BCUT2D eigenvalue weighted by molar-refractivity contribution is -0.117. The fraction of sp³-hybridized carbons (Fsp3) is 0.385. The second kappa shape index (κ2) is 6.54. The topological polar surface area (TPSA) is 66.0 Å². The average molecular weight is 232 g/mol. The minimum Gasteiger partial charge on any atom is -0.462 e. The van der Waals surface area contributed by atoms with Gasteiger partial charge in [-0.15, -0.1) is 0 Å². The van der Waals surface area contributed by atoms with Crippen molar-refractivity contribution in [2.45, 2.75) is 26.7 Å². The number of nitrogens with zero attached hydrogens (tertiary/aromatic N) is 1. The Balaban J connectivity index is 2.68. The van der Waals surface area contributed by atoms with Crippen LogP contribution in [0.1, 0.15) is 31.3 Å². The number of hydrogen-bond acceptors (Lipinski definition) is 3. The summed E-state index contributed by atoms with van der Waals surface area (Å²) in [5, 5.41) is 11.6. The van der Waals surface area contributed by atoms with Crippen molar-refractivity contribution in [3.63, 3.8) is 0 Å². The van der Waals surface area contributed by atoms with Gasteiger partial charge in [0.1, 0.15) is 23.2 Å². The molecule has 0 bridgehead atoms. The summed E-state index contributed by atoms with van der Waals surface area (Å²) in [6, 6.07) is 5.39. The van der Waals surface area contributed by atoms with Crippen molar-refractivity contribution < 1.29 is 9.21 Å². The van der Waals surface area contributed by atoms with Gasteiger partial charge in [-0.2, -0.15) is 5.26 Å². The number of furan rings is 1. The first-order valence-electron chi connectivity index (χ1n) is 5.63. The van der Waals surface area contributed by atoms with Gasteiger partial charge < -0.3 is 9.73 Å². The van der Waals surface area contributed by atoms with Crippen LogP contribution in [-0.2, 0) is 4.79 Å². The SMILES string of the molecule is CCCCNC(=O)/C(C#N)=C/c1ccc(C)o1. The minimum absolute atomic E-state index is 0.0652. The summed E-state index contributed by atoms with van der Waals surface area (Å²) in [5.74, 6) is 0.916. The van der Waals surface area contributed by atoms with Gasteiger partial charge in [-0.05, 0) is 25.5 Å². The highest BCUT2D eigenvalue weighted by atomic mass is 16.3. The van der Waals surface area contributed by atoms with E-state index in [4.69, 9.17) is 9.68 Å². The predicted molar refractivity (Wildman–Crippen MR) is 65.0 cm³/mol. The molecule has 0 aliphatic carbocycles. The molecule has 0 aliphatic heterocycles. The van der Waals surface area contributed by atoms with Crippen molar-refractivity contribution in [1.82, 2.24) is 5.32 Å². The van der Waals surface area contributed by atoms with Gasteiger partial charge in [0.25, 0.3) is 5.91 Å². The molecule has 0 unspecified atom stereocenters. The summed E-state index contributed by atoms with van der Waals surface area (Å²) >= 11 is 0. The molecule has 0 spiro atoms. The van der Waals surface area contributed by atoms with Crippen LogP contribution < -0.4 is 5.32 Å². The van der Waals surface area contributed by atoms with Gasteiger partial charge in [0.05, 0.1) is 0 Å². The van der Waals surface area contributed by atoms with Crippen LogP contribution in [0.25, 0.3) is 6.08 Å². The molecular formula is C13H16N2O2. The Labute approximate surface area is 101 Å². The monoisotopic (exact) mass is 232 g/mol. The second-order valence-electron chi connectivity index (χ2n) is 3.73. The van der Waals surface area contributed by atoms with E-state index in [-0.39, 0.29) is 11.5 Å². The van der Waals surface area contributed by atoms with E-state index in [0.29, 0.717) is 12.3 Å². The van der Waals surface area contributed by atoms with Gasteiger partial charge in [0, 0.05) is 12.6 Å². The summed E-state index contributed by atoms with van der Waals surface area (Å²) in [5.41, 5.74) is 0.0652. The van der Waals surface area contributed by atoms with Crippen molar-refractivity contribution in [3.8, 4) is 6.07 Å². The summed E-state index contributed by atoms with van der Waals surface area (Å²) < 4.78 is 5.28. The van der Waals surface area contributed by atoms with Gasteiger partial charge in [-0.25, -0.2) is 0 Å². The number of amides is 1. The van der Waals surface area contributed by atoms with Gasteiger partial charge in [-0.3, -0.25) is 4.79 Å². The second-order valence-corrected chi connectivity index (χ2v) is 3.73. The lowest BCUT2D eigenvalue weighted by Crippen LogP contribution is -2.25. The molecule has 0 saturated heterocycles. The fourth-order valence-corrected chi connectivity index (χ4v) is 1.30. The molecule has 4 nitrogen and oxygen atoms in total. The van der Waals surface area contributed by atoms with Gasteiger partial charge >= 0.3 is 0 Å². The molecule has 0 fully saturated rings. The molecule has 1 rings (SSSR count). The molecular weight excluding hydrogens is 216 g/mol. The molecule has 0 aliphatic rings. The van der Waals surface area contributed by atoms with Crippen molar-refractivity contribution >= 4 is 12.0 Å². The lowest BCUT2D eigenvalue weighted by atomic mass is 10.2. The third kappa shape index (κ3) is 4.15. The molecule has 0 saturated carbocycles. The van der Waals surface area contributed by atoms with Crippen LogP contribution in [0.2, 0.25) is 0 Å². The molecule has 0 radical (unpaired) electrons. The molecule has 1 N–H and O–H groups in total. The van der Waals surface area contributed by atoms with E-state index in [1.165, 1.54) is 6.08 Å². The molecule has 1 heterocycles. The van der Waals surface area contributed by atoms with Crippen LogP contribution in [0, 0.1) is 18.3 Å². The zero-order valence-electron chi connectivity index (χ0n) is 10.1. The molecule has 1 amide bonds. The molecule has 4 heteroatoms. The van der Waals surface area contributed by atoms with E-state index < -0.39 is 0 Å². The Hall–Kier alpha value is -2.02. The van der Waals surface area contributed by atoms with Crippen LogP contribution in [0.4, 0.5) is 0 Å². The van der Waals surface area contributed by atoms with Crippen molar-refractivity contribution in [1.29, 1.82) is 5.26 Å². The summed E-state index contributed by atoms with van der Waals surface area (Å²) in [6.45, 7) is 4.44. The Morgan fingerprint density at radius 2 is 2.35 bits per heavy atom. The number of nitriles is 1. The van der Waals surface area contributed by atoms with Crippen LogP contribution in [0.15, 0.2) is 22.1 Å². The number of aryl methyl sites for hydroxylation is 1. The third-order valence-electron chi connectivity index (χ3n) is 2.23. The first-order chi connectivity index (χ1) is 8.17. The summed E-state index contributed by atoms with van der Waals surface area (Å²) in [7, 11) is 0. The molecule has 17 heavy (non-hydrogen) atoms. The Bertz CT molecular complexity index is 452. The quantitative estimate of drug-likeness (QED) is 0.481. The largest absolute Gasteiger partial charge is 0.462 e. The van der Waals surface area contributed by atoms with Crippen molar-refractivity contribution in [2.75, 3.05) is 6.54 Å². The Morgan fingerprint density at radius 1 is 1.59 bits per heavy atom. The molecule has 1 aromatic heterocycles. The zero-order valence-corrected chi connectivity index (χ0v) is 10.1. The highest BCUT2D eigenvalue weighted by molar-refractivity contribution is 6.01. The number of hydrogen-bond donors (Lipinski definition) is 1. The maximum atomic E-state index is 11.6. The van der Waals surface area contributed by atoms with E-state index >= 15 is 0 Å². The number of carbonyl (C=O) groups is 1. The zero-order chi connectivity index (χ0) is 12.7. The summed E-state index contributed by atoms with van der Waals surface area (Å²) in [4.78, 5) is 11.6. The van der Waals surface area contributed by atoms with E-state index in [0.717, 1.165) is 18.6 Å². The number of carbonyl (C=O) groups excluding carboxylic acids is 1. The van der Waals surface area contributed by atoms with E-state index in [9.17, 15) is 4.79 Å². The van der Waals surface area contributed by atoms with Crippen LogP contribution in [-0.4, -0.2) is 12.5 Å². The first-order valence-corrected chi connectivity index (χ1v) is 5.63. The van der Waals surface area contributed by atoms with E-state index in [2.05, 4.69) is 5.32 Å². The molecule has 90 valence electrons. The van der Waals surface area contributed by atoms with Crippen LogP contribution in [0.5, 0.6) is 0 Å². The van der Waals surface area contributed by atoms with Gasteiger partial charge in [-0.1, -0.05) is 13.3 Å². The molecule has 1 aromatic rings. The third-order valence-corrected chi connectivity index (χ3v) is 2.23. The summed E-state index contributed by atoms with van der Waals surface area (Å²) in [6.07, 6.45) is 3.36. The van der Waals surface area contributed by atoms with Crippen LogP contribution >= 0.6 is 0 Å². The predicted octanol–water partition coefficient (Wildman–Crippen LogP) is 2.41. The minimum atomic E-state index is -0.352. The Morgan fingerprint density at radius 3 is 2.88 bits per heavy atom. The number of rotatable bonds is 5. The fourth-order valence-electron chi connectivity index (χ4n) is 1.30. The highest BCUT2D eigenvalue weighted by Crippen LogP contribution is 2.10. The average Bonchev–Trinajstić information content (AvgIpc) is 2.72. The molecule has 0 aromatic carbocycles. The lowest BCUT2D eigenvalue weighted by Gasteiger charge is -2.01. The van der Waals surface area contributed by atoms with E-state index in [1.54, 1.807) is 12.1 Å². The van der Waals surface area contributed by atoms with E-state index in [1.807, 2.05) is 19.9 Å². The maximum Gasteiger partial charge on any atom is 0.262 e. The smallest absolute Gasteiger partial charge is 0.262 e.